The first-order valence-corrected chi connectivity index (χ1v) is 11.2. The summed E-state index contributed by atoms with van der Waals surface area (Å²) in [6.07, 6.45) is 10.7. The van der Waals surface area contributed by atoms with Crippen LogP contribution in [0.4, 0.5) is 11.5 Å². The van der Waals surface area contributed by atoms with Crippen LogP contribution in [0.5, 0.6) is 0 Å². The largest absolute Gasteiger partial charge is 0.357 e. The molecule has 0 amide bonds. The van der Waals surface area contributed by atoms with Gasteiger partial charge < -0.3 is 15.5 Å². The van der Waals surface area contributed by atoms with Crippen LogP contribution in [0.1, 0.15) is 37.8 Å². The van der Waals surface area contributed by atoms with Crippen LogP contribution in [-0.4, -0.2) is 35.3 Å². The van der Waals surface area contributed by atoms with Gasteiger partial charge in [0.2, 0.25) is 18.2 Å². The van der Waals surface area contributed by atoms with Crippen molar-refractivity contribution >= 4 is 29.1 Å². The molecule has 1 aliphatic carbocycles. The number of aromatic nitrogens is 1. The molecular formula is C23H26ClN6O+. The fourth-order valence-electron chi connectivity index (χ4n) is 4.38. The van der Waals surface area contributed by atoms with Crippen LogP contribution >= 0.6 is 11.6 Å². The highest BCUT2D eigenvalue weighted by Crippen LogP contribution is 2.32. The average Bonchev–Trinajstić information content (AvgIpc) is 2.90. The standard InChI is InChI=1S/C23H26ClN6O/c1-15-19(6-8-22(26-15)29-9-3-2-4-10-29)27-23-25-13-17-14-30(31)21-7-5-18(24)11-16(21)12-20(17)28-23/h6,8,11-13H,2-5,7,9-10,14H2,1H3,(H2,25,27,28)/q+1. The van der Waals surface area contributed by atoms with Crippen molar-refractivity contribution in [2.75, 3.05) is 29.9 Å². The molecule has 0 spiro atoms. The van der Waals surface area contributed by atoms with Gasteiger partial charge in [-0.2, -0.15) is 0 Å². The molecule has 0 atom stereocenters. The first kappa shape index (κ1) is 20.0. The number of aryl methyl sites for hydroxylation is 1. The minimum Gasteiger partial charge on any atom is -0.357 e. The molecule has 1 aromatic rings. The first-order chi connectivity index (χ1) is 15.1. The number of nitrogens with zero attached hydrogens (tertiary/aromatic N) is 4. The van der Waals surface area contributed by atoms with E-state index in [1.165, 1.54) is 19.3 Å². The Bertz CT molecular complexity index is 1090. The number of hydrogen-bond donors (Lipinski definition) is 2. The summed E-state index contributed by atoms with van der Waals surface area (Å²) in [4.78, 5) is 24.3. The second-order valence-corrected chi connectivity index (χ2v) is 8.81. The number of hydrogen-bond acceptors (Lipinski definition) is 6. The molecule has 0 saturated carbocycles. The van der Waals surface area contributed by atoms with E-state index in [4.69, 9.17) is 16.6 Å². The molecule has 160 valence electrons. The van der Waals surface area contributed by atoms with Crippen molar-refractivity contribution in [2.45, 2.75) is 39.0 Å². The van der Waals surface area contributed by atoms with Crippen molar-refractivity contribution in [1.29, 1.82) is 0 Å². The maximum absolute atomic E-state index is 12.6. The van der Waals surface area contributed by atoms with Gasteiger partial charge in [0.05, 0.1) is 22.7 Å². The maximum atomic E-state index is 12.6. The normalized spacial score (nSPS) is 21.1. The number of pyridine rings is 1. The van der Waals surface area contributed by atoms with Gasteiger partial charge in [0.25, 0.3) is 0 Å². The number of guanidine groups is 1. The summed E-state index contributed by atoms with van der Waals surface area (Å²) >= 11 is 6.23. The van der Waals surface area contributed by atoms with Crippen LogP contribution in [0.25, 0.3) is 0 Å². The maximum Gasteiger partial charge on any atom is 0.240 e. The Kier molecular flexibility index (Phi) is 5.36. The number of nitrogens with one attached hydrogen (secondary N) is 2. The number of nitroso groups, excluding NO2 is 1. The van der Waals surface area contributed by atoms with E-state index in [-0.39, 0.29) is 6.54 Å². The lowest BCUT2D eigenvalue weighted by Crippen LogP contribution is -2.34. The summed E-state index contributed by atoms with van der Waals surface area (Å²) in [6, 6.07) is 4.12. The van der Waals surface area contributed by atoms with E-state index in [9.17, 15) is 4.91 Å². The Morgan fingerprint density at radius 1 is 1.16 bits per heavy atom. The molecule has 1 fully saturated rings. The first-order valence-electron chi connectivity index (χ1n) is 10.9. The second kappa shape index (κ2) is 8.30. The highest BCUT2D eigenvalue weighted by atomic mass is 35.5. The predicted molar refractivity (Wildman–Crippen MR) is 124 cm³/mol. The van der Waals surface area contributed by atoms with Crippen molar-refractivity contribution in [3.63, 3.8) is 0 Å². The van der Waals surface area contributed by atoms with E-state index in [1.54, 1.807) is 6.20 Å². The van der Waals surface area contributed by atoms with Crippen LogP contribution in [0, 0.1) is 11.8 Å². The van der Waals surface area contributed by atoms with Gasteiger partial charge in [0.1, 0.15) is 5.82 Å². The highest BCUT2D eigenvalue weighted by molar-refractivity contribution is 6.29. The molecule has 31 heavy (non-hydrogen) atoms. The van der Waals surface area contributed by atoms with E-state index < -0.39 is 0 Å². The van der Waals surface area contributed by atoms with Crippen LogP contribution in [-0.2, 0) is 0 Å². The van der Waals surface area contributed by atoms with Gasteiger partial charge >= 0.3 is 0 Å². The number of halogens is 1. The lowest BCUT2D eigenvalue weighted by molar-refractivity contribution is -0.493. The third kappa shape index (κ3) is 4.14. The summed E-state index contributed by atoms with van der Waals surface area (Å²) in [5.74, 6) is 1.64. The third-order valence-corrected chi connectivity index (χ3v) is 6.41. The fourth-order valence-corrected chi connectivity index (χ4v) is 4.59. The number of fused-ring (bicyclic) bond motifs is 1. The molecule has 2 N–H and O–H groups in total. The van der Waals surface area contributed by atoms with E-state index >= 15 is 0 Å². The Morgan fingerprint density at radius 3 is 2.81 bits per heavy atom. The van der Waals surface area contributed by atoms with E-state index in [1.807, 2.05) is 19.1 Å². The van der Waals surface area contributed by atoms with Crippen LogP contribution in [0.3, 0.4) is 0 Å². The number of aliphatic imine (C=N–C) groups is 1. The van der Waals surface area contributed by atoms with Gasteiger partial charge in [-0.1, -0.05) is 11.6 Å². The molecule has 0 radical (unpaired) electrons. The molecule has 1 saturated heterocycles. The predicted octanol–water partition coefficient (Wildman–Crippen LogP) is 4.48. The molecule has 7 nitrogen and oxygen atoms in total. The van der Waals surface area contributed by atoms with Crippen molar-refractivity contribution in [3.8, 4) is 0 Å². The molecule has 0 unspecified atom stereocenters. The van der Waals surface area contributed by atoms with Gasteiger partial charge in [0.15, 0.2) is 0 Å². The lowest BCUT2D eigenvalue weighted by atomic mass is 10.0. The van der Waals surface area contributed by atoms with Crippen LogP contribution in [0.15, 0.2) is 63.0 Å². The Morgan fingerprint density at radius 2 is 2.00 bits per heavy atom. The molecule has 1 aromatic heterocycles. The average molecular weight is 438 g/mol. The minimum atomic E-state index is 0.269. The Hall–Kier alpha value is -2.93. The number of allylic oxidation sites excluding steroid dienone is 5. The smallest absolute Gasteiger partial charge is 0.240 e. The second-order valence-electron chi connectivity index (χ2n) is 8.32. The van der Waals surface area contributed by atoms with Gasteiger partial charge in [-0.25, -0.2) is 9.98 Å². The van der Waals surface area contributed by atoms with Gasteiger partial charge in [0, 0.05) is 46.0 Å². The zero-order chi connectivity index (χ0) is 21.4. The molecule has 4 heterocycles. The minimum absolute atomic E-state index is 0.269. The topological polar surface area (TPSA) is 72.6 Å². The summed E-state index contributed by atoms with van der Waals surface area (Å²) in [6.45, 7) is 4.42. The van der Waals surface area contributed by atoms with Crippen molar-refractivity contribution in [3.05, 3.63) is 68.7 Å². The van der Waals surface area contributed by atoms with Gasteiger partial charge in [-0.15, -0.1) is 0 Å². The van der Waals surface area contributed by atoms with Gasteiger partial charge in [-0.05, 0) is 56.9 Å². The molecule has 0 aromatic carbocycles. The van der Waals surface area contributed by atoms with E-state index in [0.717, 1.165) is 62.6 Å². The summed E-state index contributed by atoms with van der Waals surface area (Å²) in [5.41, 5.74) is 5.19. The van der Waals surface area contributed by atoms with Crippen molar-refractivity contribution in [2.24, 2.45) is 4.99 Å². The van der Waals surface area contributed by atoms with Gasteiger partial charge in [-0.3, -0.25) is 0 Å². The number of rotatable bonds is 2. The van der Waals surface area contributed by atoms with Crippen LogP contribution in [0.2, 0.25) is 0 Å². The molecule has 0 bridgehead atoms. The number of anilines is 2. The van der Waals surface area contributed by atoms with E-state index in [0.29, 0.717) is 18.8 Å². The zero-order valence-electron chi connectivity index (χ0n) is 17.6. The monoisotopic (exact) mass is 437 g/mol. The summed E-state index contributed by atoms with van der Waals surface area (Å²) in [7, 11) is 0. The molecule has 4 aliphatic rings. The van der Waals surface area contributed by atoms with Crippen LogP contribution < -0.4 is 15.5 Å². The summed E-state index contributed by atoms with van der Waals surface area (Å²) in [5, 5.41) is 7.46. The Balaban J connectivity index is 1.36. The Labute approximate surface area is 186 Å². The molecule has 5 rings (SSSR count). The third-order valence-electron chi connectivity index (χ3n) is 6.11. The zero-order valence-corrected chi connectivity index (χ0v) is 18.4. The quantitative estimate of drug-likeness (QED) is 0.667. The summed E-state index contributed by atoms with van der Waals surface area (Å²) < 4.78 is 1.05. The molecule has 8 heteroatoms. The van der Waals surface area contributed by atoms with Crippen molar-refractivity contribution < 1.29 is 4.76 Å². The SMILES string of the molecule is Cc1nc(N2CCCCC2)ccc1NC1=NC=C2C[N+](=O)C3=C(C=C(Cl)CC3)C=C2N1. The number of piperidine rings is 1. The van der Waals surface area contributed by atoms with Crippen molar-refractivity contribution in [1.82, 2.24) is 10.3 Å². The highest BCUT2D eigenvalue weighted by Gasteiger charge is 2.31. The molecule has 3 aliphatic heterocycles. The lowest BCUT2D eigenvalue weighted by Gasteiger charge is -2.28. The fraction of sp³-hybridized carbons (Fsp3) is 0.391. The molecular weight excluding hydrogens is 412 g/mol. The van der Waals surface area contributed by atoms with E-state index in [2.05, 4.69) is 32.7 Å².